The van der Waals surface area contributed by atoms with Crippen molar-refractivity contribution in [3.8, 4) is 11.8 Å². The summed E-state index contributed by atoms with van der Waals surface area (Å²) in [5, 5.41) is 0. The molecule has 0 aliphatic carbocycles. The largest absolute Gasteiger partial charge is 0.378 e. The number of rotatable bonds is 3. The third kappa shape index (κ3) is 2.94. The van der Waals surface area contributed by atoms with Gasteiger partial charge in [-0.25, -0.2) is 0 Å². The number of benzene rings is 1. The van der Waals surface area contributed by atoms with E-state index < -0.39 is 0 Å². The van der Waals surface area contributed by atoms with E-state index in [0.29, 0.717) is 0 Å². The molecule has 1 fully saturated rings. The fourth-order valence-electron chi connectivity index (χ4n) is 2.20. The first-order valence-electron chi connectivity index (χ1n) is 6.84. The summed E-state index contributed by atoms with van der Waals surface area (Å²) in [5.74, 6) is 6.76. The highest BCUT2D eigenvalue weighted by atomic mass is 16.5. The van der Waals surface area contributed by atoms with E-state index in [0.717, 1.165) is 19.6 Å². The maximum Gasteiger partial charge on any atom is 0.0756 e. The first kappa shape index (κ1) is 13.2. The molecular formula is C17H22O. The van der Waals surface area contributed by atoms with Crippen molar-refractivity contribution in [2.24, 2.45) is 5.41 Å². The summed E-state index contributed by atoms with van der Waals surface area (Å²) in [6, 6.07) is 6.44. The molecule has 0 N–H and O–H groups in total. The van der Waals surface area contributed by atoms with E-state index in [4.69, 9.17) is 4.74 Å². The quantitative estimate of drug-likeness (QED) is 0.734. The fourth-order valence-corrected chi connectivity index (χ4v) is 2.20. The van der Waals surface area contributed by atoms with Crippen LogP contribution < -0.4 is 0 Å². The first-order chi connectivity index (χ1) is 8.64. The molecule has 1 heteroatoms. The Bertz CT molecular complexity index is 472. The zero-order chi connectivity index (χ0) is 13.0. The van der Waals surface area contributed by atoms with Gasteiger partial charge in [-0.1, -0.05) is 37.3 Å². The molecule has 0 radical (unpaired) electrons. The Balaban J connectivity index is 2.23. The summed E-state index contributed by atoms with van der Waals surface area (Å²) in [6.07, 6.45) is 3.60. The molecule has 96 valence electrons. The van der Waals surface area contributed by atoms with E-state index >= 15 is 0 Å². The van der Waals surface area contributed by atoms with Gasteiger partial charge in [0.1, 0.15) is 0 Å². The van der Waals surface area contributed by atoms with Gasteiger partial charge in [-0.15, -0.1) is 0 Å². The number of aryl methyl sites for hydroxylation is 1. The lowest BCUT2D eigenvalue weighted by Gasteiger charge is -2.32. The van der Waals surface area contributed by atoms with Gasteiger partial charge in [-0.2, -0.15) is 0 Å². The van der Waals surface area contributed by atoms with Crippen molar-refractivity contribution in [1.29, 1.82) is 0 Å². The van der Waals surface area contributed by atoms with E-state index in [1.54, 1.807) is 0 Å². The molecule has 1 nitrogen and oxygen atoms in total. The van der Waals surface area contributed by atoms with Crippen molar-refractivity contribution in [1.82, 2.24) is 0 Å². The van der Waals surface area contributed by atoms with Crippen LogP contribution in [-0.2, 0) is 11.2 Å². The Kier molecular flexibility index (Phi) is 4.09. The van der Waals surface area contributed by atoms with Gasteiger partial charge in [-0.05, 0) is 43.9 Å². The number of hydrogen-bond donors (Lipinski definition) is 0. The predicted octanol–water partition coefficient (Wildman–Crippen LogP) is 3.73. The molecule has 1 aromatic carbocycles. The second kappa shape index (κ2) is 5.59. The molecular weight excluding hydrogens is 220 g/mol. The van der Waals surface area contributed by atoms with Crippen LogP contribution in [0.3, 0.4) is 0 Å². The molecule has 1 aliphatic rings. The molecule has 1 aromatic rings. The van der Waals surface area contributed by atoms with Crippen LogP contribution in [0.4, 0.5) is 0 Å². The van der Waals surface area contributed by atoms with Crippen LogP contribution in [-0.4, -0.2) is 13.2 Å². The third-order valence-electron chi connectivity index (χ3n) is 3.53. The van der Waals surface area contributed by atoms with Gasteiger partial charge in [-0.3, -0.25) is 0 Å². The van der Waals surface area contributed by atoms with Crippen LogP contribution in [0.15, 0.2) is 18.2 Å². The lowest BCUT2D eigenvalue weighted by atomic mass is 9.88. The van der Waals surface area contributed by atoms with E-state index in [-0.39, 0.29) is 5.41 Å². The number of hydrogen-bond acceptors (Lipinski definition) is 1. The van der Waals surface area contributed by atoms with Crippen molar-refractivity contribution in [2.75, 3.05) is 13.2 Å². The Labute approximate surface area is 111 Å². The zero-order valence-corrected chi connectivity index (χ0v) is 11.7. The summed E-state index contributed by atoms with van der Waals surface area (Å²) in [4.78, 5) is 0. The van der Waals surface area contributed by atoms with Crippen LogP contribution in [0, 0.1) is 24.2 Å². The van der Waals surface area contributed by atoms with Crippen molar-refractivity contribution < 1.29 is 4.74 Å². The smallest absolute Gasteiger partial charge is 0.0756 e. The number of unbranched alkanes of at least 4 members (excludes halogenated alkanes) is 1. The molecule has 2 rings (SSSR count). The minimum atomic E-state index is 0.0752. The van der Waals surface area contributed by atoms with Crippen LogP contribution in [0.2, 0.25) is 0 Å². The van der Waals surface area contributed by atoms with Gasteiger partial charge < -0.3 is 4.74 Å². The molecule has 1 heterocycles. The van der Waals surface area contributed by atoms with Crippen molar-refractivity contribution >= 4 is 0 Å². The molecule has 0 unspecified atom stereocenters. The van der Waals surface area contributed by atoms with Crippen LogP contribution >= 0.6 is 0 Å². The summed E-state index contributed by atoms with van der Waals surface area (Å²) >= 11 is 0. The Hall–Kier alpha value is -1.26. The Morgan fingerprint density at radius 1 is 1.33 bits per heavy atom. The van der Waals surface area contributed by atoms with Gasteiger partial charge in [0.05, 0.1) is 18.6 Å². The second-order valence-corrected chi connectivity index (χ2v) is 5.51. The average Bonchev–Trinajstić information content (AvgIpc) is 2.33. The van der Waals surface area contributed by atoms with E-state index in [2.05, 4.69) is 50.8 Å². The standard InChI is InChI=1S/C17H22O/c1-4-5-9-16-14(2)7-6-8-15(16)10-11-17(3)12-18-13-17/h6-8H,4-5,9,12-13H2,1-3H3. The lowest BCUT2D eigenvalue weighted by Crippen LogP contribution is -2.38. The Morgan fingerprint density at radius 2 is 2.11 bits per heavy atom. The van der Waals surface area contributed by atoms with Gasteiger partial charge >= 0.3 is 0 Å². The summed E-state index contributed by atoms with van der Waals surface area (Å²) in [5.41, 5.74) is 4.07. The van der Waals surface area contributed by atoms with E-state index in [9.17, 15) is 0 Å². The molecule has 1 aliphatic heterocycles. The molecule has 18 heavy (non-hydrogen) atoms. The van der Waals surface area contributed by atoms with Crippen LogP contribution in [0.5, 0.6) is 0 Å². The van der Waals surface area contributed by atoms with E-state index in [1.165, 1.54) is 29.5 Å². The topological polar surface area (TPSA) is 9.23 Å². The van der Waals surface area contributed by atoms with Crippen molar-refractivity contribution in [2.45, 2.75) is 40.0 Å². The van der Waals surface area contributed by atoms with Gasteiger partial charge in [0, 0.05) is 5.56 Å². The van der Waals surface area contributed by atoms with Crippen molar-refractivity contribution in [3.05, 3.63) is 34.9 Å². The minimum Gasteiger partial charge on any atom is -0.378 e. The Morgan fingerprint density at radius 3 is 2.72 bits per heavy atom. The zero-order valence-electron chi connectivity index (χ0n) is 11.7. The van der Waals surface area contributed by atoms with Crippen molar-refractivity contribution in [3.63, 3.8) is 0 Å². The highest BCUT2D eigenvalue weighted by Gasteiger charge is 2.31. The van der Waals surface area contributed by atoms with Crippen LogP contribution in [0.1, 0.15) is 43.4 Å². The minimum absolute atomic E-state index is 0.0752. The molecule has 0 aromatic heterocycles. The molecule has 0 bridgehead atoms. The fraction of sp³-hybridized carbons (Fsp3) is 0.529. The molecule has 0 atom stereocenters. The highest BCUT2D eigenvalue weighted by Crippen LogP contribution is 2.25. The van der Waals surface area contributed by atoms with Crippen LogP contribution in [0.25, 0.3) is 0 Å². The highest BCUT2D eigenvalue weighted by molar-refractivity contribution is 5.46. The second-order valence-electron chi connectivity index (χ2n) is 5.51. The van der Waals surface area contributed by atoms with E-state index in [1.807, 2.05) is 0 Å². The maximum atomic E-state index is 5.24. The molecule has 0 saturated carbocycles. The predicted molar refractivity (Wildman–Crippen MR) is 75.6 cm³/mol. The normalized spacial score (nSPS) is 16.6. The summed E-state index contributed by atoms with van der Waals surface area (Å²) < 4.78 is 5.24. The lowest BCUT2D eigenvalue weighted by molar-refractivity contribution is -0.0648. The average molecular weight is 242 g/mol. The van der Waals surface area contributed by atoms with Gasteiger partial charge in [0.15, 0.2) is 0 Å². The first-order valence-corrected chi connectivity index (χ1v) is 6.84. The molecule has 0 spiro atoms. The molecule has 0 amide bonds. The third-order valence-corrected chi connectivity index (χ3v) is 3.53. The van der Waals surface area contributed by atoms with Gasteiger partial charge in [0.25, 0.3) is 0 Å². The molecule has 1 saturated heterocycles. The van der Waals surface area contributed by atoms with Gasteiger partial charge in [0.2, 0.25) is 0 Å². The summed E-state index contributed by atoms with van der Waals surface area (Å²) in [6.45, 7) is 8.14. The maximum absolute atomic E-state index is 5.24. The summed E-state index contributed by atoms with van der Waals surface area (Å²) in [7, 11) is 0. The SMILES string of the molecule is CCCCc1c(C)cccc1C#CC1(C)COC1. The number of ether oxygens (including phenoxy) is 1. The monoisotopic (exact) mass is 242 g/mol.